The maximum atomic E-state index is 12.8. The number of hydrogen-bond donors (Lipinski definition) is 8. The highest BCUT2D eigenvalue weighted by Gasteiger charge is 2.31. The zero-order chi connectivity index (χ0) is 27.7. The number of benzene rings is 1. The quantitative estimate of drug-likeness (QED) is 0.148. The smallest absolute Gasteiger partial charge is 0.326 e. The van der Waals surface area contributed by atoms with Crippen LogP contribution in [0.5, 0.6) is 0 Å². The van der Waals surface area contributed by atoms with E-state index in [1.165, 1.54) is 0 Å². The minimum absolute atomic E-state index is 0.0391. The number of carboxylic acids is 1. The van der Waals surface area contributed by atoms with Crippen molar-refractivity contribution >= 4 is 53.1 Å². The van der Waals surface area contributed by atoms with Crippen molar-refractivity contribution in [2.24, 2.45) is 17.4 Å². The van der Waals surface area contributed by atoms with Gasteiger partial charge in [-0.2, -0.15) is 12.6 Å². The fourth-order valence-corrected chi connectivity index (χ4v) is 4.01. The Labute approximate surface area is 219 Å². The molecule has 0 saturated carbocycles. The van der Waals surface area contributed by atoms with Crippen molar-refractivity contribution in [2.45, 2.75) is 57.3 Å². The van der Waals surface area contributed by atoms with E-state index in [0.29, 0.717) is 0 Å². The Morgan fingerprint density at radius 3 is 2.16 bits per heavy atom. The molecule has 4 amide bonds. The zero-order valence-electron chi connectivity index (χ0n) is 20.7. The van der Waals surface area contributed by atoms with Gasteiger partial charge in [0.25, 0.3) is 0 Å². The molecule has 2 rings (SSSR count). The second-order valence-corrected chi connectivity index (χ2v) is 9.54. The van der Waals surface area contributed by atoms with Gasteiger partial charge in [0.05, 0.1) is 12.5 Å². The standard InChI is InChI=1S/C24H34N6O6S/c1-12(2)7-18(24(35)36)29-22(33)17(9-20(26)31)28-23(34)19(11-37)30-21(32)15(25)8-13-10-27-16-6-4-3-5-14(13)16/h3-6,10,12,15,17-19,27,37H,7-9,11,25H2,1-2H3,(H2,26,31)(H,28,34)(H,29,33)(H,30,32)(H,35,36). The van der Waals surface area contributed by atoms with Crippen LogP contribution >= 0.6 is 12.6 Å². The molecule has 0 aliphatic heterocycles. The van der Waals surface area contributed by atoms with Gasteiger partial charge in [-0.25, -0.2) is 4.79 Å². The molecule has 1 heterocycles. The van der Waals surface area contributed by atoms with E-state index in [4.69, 9.17) is 11.5 Å². The van der Waals surface area contributed by atoms with Crippen molar-refractivity contribution < 1.29 is 29.1 Å². The molecule has 0 radical (unpaired) electrons. The first-order valence-corrected chi connectivity index (χ1v) is 12.4. The van der Waals surface area contributed by atoms with E-state index in [1.54, 1.807) is 20.0 Å². The number of aromatic nitrogens is 1. The molecule has 4 unspecified atom stereocenters. The Hall–Kier alpha value is -3.58. The summed E-state index contributed by atoms with van der Waals surface area (Å²) < 4.78 is 0. The molecule has 0 spiro atoms. The summed E-state index contributed by atoms with van der Waals surface area (Å²) in [6.45, 7) is 3.57. The molecule has 202 valence electrons. The summed E-state index contributed by atoms with van der Waals surface area (Å²) in [6, 6.07) is 2.71. The molecule has 9 N–H and O–H groups in total. The number of aromatic amines is 1. The number of nitrogens with one attached hydrogen (secondary N) is 4. The maximum Gasteiger partial charge on any atom is 0.326 e. The van der Waals surface area contributed by atoms with Crippen molar-refractivity contribution in [1.82, 2.24) is 20.9 Å². The summed E-state index contributed by atoms with van der Waals surface area (Å²) in [7, 11) is 0. The maximum absolute atomic E-state index is 12.8. The first-order chi connectivity index (χ1) is 17.4. The summed E-state index contributed by atoms with van der Waals surface area (Å²) >= 11 is 4.11. The van der Waals surface area contributed by atoms with Crippen LogP contribution in [0.2, 0.25) is 0 Å². The largest absolute Gasteiger partial charge is 0.480 e. The molecule has 12 nitrogen and oxygen atoms in total. The number of thiol groups is 1. The van der Waals surface area contributed by atoms with Crippen LogP contribution in [-0.2, 0) is 30.4 Å². The normalized spacial score (nSPS) is 14.4. The molecule has 2 aromatic rings. The predicted octanol–water partition coefficient (Wildman–Crippen LogP) is -0.572. The number of para-hydroxylation sites is 1. The van der Waals surface area contributed by atoms with Crippen LogP contribution in [0.1, 0.15) is 32.3 Å². The van der Waals surface area contributed by atoms with Crippen molar-refractivity contribution in [2.75, 3.05) is 5.75 Å². The van der Waals surface area contributed by atoms with Crippen LogP contribution in [0.4, 0.5) is 0 Å². The Morgan fingerprint density at radius 2 is 1.57 bits per heavy atom. The van der Waals surface area contributed by atoms with E-state index in [2.05, 4.69) is 33.6 Å². The van der Waals surface area contributed by atoms with Gasteiger partial charge in [0, 0.05) is 22.9 Å². The predicted molar refractivity (Wildman–Crippen MR) is 141 cm³/mol. The molecule has 0 bridgehead atoms. The number of hydrogen-bond acceptors (Lipinski definition) is 7. The molecule has 0 aliphatic rings. The highest BCUT2D eigenvalue weighted by Crippen LogP contribution is 2.18. The number of H-pyrrole nitrogens is 1. The summed E-state index contributed by atoms with van der Waals surface area (Å²) in [5.41, 5.74) is 13.0. The molecular formula is C24H34N6O6S. The van der Waals surface area contributed by atoms with Gasteiger partial charge < -0.3 is 37.5 Å². The van der Waals surface area contributed by atoms with Crippen molar-refractivity contribution in [3.8, 4) is 0 Å². The summed E-state index contributed by atoms with van der Waals surface area (Å²) in [4.78, 5) is 64.4. The fourth-order valence-electron chi connectivity index (χ4n) is 3.75. The van der Waals surface area contributed by atoms with E-state index < -0.39 is 60.2 Å². The van der Waals surface area contributed by atoms with Gasteiger partial charge in [0.2, 0.25) is 23.6 Å². The number of fused-ring (bicyclic) bond motifs is 1. The molecule has 1 aromatic heterocycles. The van der Waals surface area contributed by atoms with Gasteiger partial charge in [-0.15, -0.1) is 0 Å². The lowest BCUT2D eigenvalue weighted by Crippen LogP contribution is -2.58. The summed E-state index contributed by atoms with van der Waals surface area (Å²) in [5, 5.41) is 17.5. The average molecular weight is 535 g/mol. The van der Waals surface area contributed by atoms with Gasteiger partial charge in [-0.3, -0.25) is 19.2 Å². The lowest BCUT2D eigenvalue weighted by Gasteiger charge is -2.24. The van der Waals surface area contributed by atoms with E-state index in [-0.39, 0.29) is 24.5 Å². The fraction of sp³-hybridized carbons (Fsp3) is 0.458. The number of carboxylic acid groups (broad SMARTS) is 1. The third kappa shape index (κ3) is 8.79. The highest BCUT2D eigenvalue weighted by atomic mass is 32.1. The van der Waals surface area contributed by atoms with Crippen molar-refractivity contribution in [1.29, 1.82) is 0 Å². The summed E-state index contributed by atoms with van der Waals surface area (Å²) in [6.07, 6.45) is 1.54. The van der Waals surface area contributed by atoms with Gasteiger partial charge >= 0.3 is 5.97 Å². The van der Waals surface area contributed by atoms with Crippen LogP contribution in [0.25, 0.3) is 10.9 Å². The van der Waals surface area contributed by atoms with Gasteiger partial charge in [-0.1, -0.05) is 32.0 Å². The minimum Gasteiger partial charge on any atom is -0.480 e. The Balaban J connectivity index is 2.05. The van der Waals surface area contributed by atoms with Crippen molar-refractivity contribution in [3.63, 3.8) is 0 Å². The molecular weight excluding hydrogens is 500 g/mol. The van der Waals surface area contributed by atoms with Gasteiger partial charge in [0.1, 0.15) is 18.1 Å². The number of carbonyl (C=O) groups excluding carboxylic acids is 4. The minimum atomic E-state index is -1.45. The number of aliphatic carboxylic acids is 1. The molecule has 4 atom stereocenters. The monoisotopic (exact) mass is 534 g/mol. The first-order valence-electron chi connectivity index (χ1n) is 11.8. The zero-order valence-corrected chi connectivity index (χ0v) is 21.6. The lowest BCUT2D eigenvalue weighted by molar-refractivity contribution is -0.143. The Kier molecular flexibility index (Phi) is 10.9. The highest BCUT2D eigenvalue weighted by molar-refractivity contribution is 7.80. The van der Waals surface area contributed by atoms with Gasteiger partial charge in [0.15, 0.2) is 0 Å². The van der Waals surface area contributed by atoms with Gasteiger partial charge in [-0.05, 0) is 30.4 Å². The van der Waals surface area contributed by atoms with Crippen LogP contribution in [0, 0.1) is 5.92 Å². The van der Waals surface area contributed by atoms with E-state index >= 15 is 0 Å². The average Bonchev–Trinajstić information content (AvgIpc) is 3.23. The molecule has 1 aromatic carbocycles. The number of carbonyl (C=O) groups is 5. The lowest BCUT2D eigenvalue weighted by atomic mass is 10.0. The topological polar surface area (TPSA) is 209 Å². The SMILES string of the molecule is CC(C)CC(NC(=O)C(CC(N)=O)NC(=O)C(CS)NC(=O)C(N)Cc1c[nH]c2ccccc12)C(=O)O. The Morgan fingerprint density at radius 1 is 0.973 bits per heavy atom. The second-order valence-electron chi connectivity index (χ2n) is 9.17. The van der Waals surface area contributed by atoms with E-state index in [1.807, 2.05) is 24.3 Å². The second kappa shape index (κ2) is 13.7. The molecule has 0 aliphatic carbocycles. The number of amides is 4. The summed E-state index contributed by atoms with van der Waals surface area (Å²) in [5.74, 6) is -4.62. The van der Waals surface area contributed by atoms with Crippen LogP contribution in [0.15, 0.2) is 30.5 Å². The molecule has 0 saturated heterocycles. The van der Waals surface area contributed by atoms with Crippen LogP contribution in [-0.4, -0.2) is 69.6 Å². The molecule has 13 heteroatoms. The van der Waals surface area contributed by atoms with Crippen LogP contribution < -0.4 is 27.4 Å². The van der Waals surface area contributed by atoms with E-state index in [0.717, 1.165) is 16.5 Å². The third-order valence-electron chi connectivity index (χ3n) is 5.63. The third-order valence-corrected chi connectivity index (χ3v) is 5.99. The number of primary amides is 1. The van der Waals surface area contributed by atoms with Crippen molar-refractivity contribution in [3.05, 3.63) is 36.0 Å². The Bertz CT molecular complexity index is 1140. The molecule has 0 fully saturated rings. The number of nitrogens with two attached hydrogens (primary N) is 2. The first kappa shape index (κ1) is 29.6. The van der Waals surface area contributed by atoms with E-state index in [9.17, 15) is 29.1 Å². The molecule has 37 heavy (non-hydrogen) atoms. The number of rotatable bonds is 14. The van der Waals surface area contributed by atoms with Crippen LogP contribution in [0.3, 0.4) is 0 Å².